The number of aryl methyl sites for hydroxylation is 1. The van der Waals surface area contributed by atoms with Crippen molar-refractivity contribution in [2.45, 2.75) is 47.1 Å². The second-order valence-electron chi connectivity index (χ2n) is 8.94. The van der Waals surface area contributed by atoms with E-state index in [0.29, 0.717) is 18.2 Å². The molecule has 0 saturated carbocycles. The number of hydrogen-bond donors (Lipinski definition) is 0. The lowest BCUT2D eigenvalue weighted by molar-refractivity contribution is 0.0770. The van der Waals surface area contributed by atoms with E-state index in [0.717, 1.165) is 65.9 Å². The van der Waals surface area contributed by atoms with Crippen molar-refractivity contribution >= 4 is 17.1 Å². The van der Waals surface area contributed by atoms with Crippen LogP contribution in [-0.4, -0.2) is 55.2 Å². The van der Waals surface area contributed by atoms with Gasteiger partial charge in [-0.2, -0.15) is 0 Å². The Kier molecular flexibility index (Phi) is 6.19. The highest BCUT2D eigenvalue weighted by Crippen LogP contribution is 2.40. The monoisotopic (exact) mass is 469 g/mol. The second-order valence-corrected chi connectivity index (χ2v) is 8.94. The van der Waals surface area contributed by atoms with Crippen molar-refractivity contribution in [2.24, 2.45) is 0 Å². The summed E-state index contributed by atoms with van der Waals surface area (Å²) >= 11 is 0. The van der Waals surface area contributed by atoms with E-state index in [2.05, 4.69) is 70.3 Å². The molecule has 0 bridgehead atoms. The molecule has 8 nitrogen and oxygen atoms in total. The van der Waals surface area contributed by atoms with Crippen molar-refractivity contribution in [3.8, 4) is 22.5 Å². The van der Waals surface area contributed by atoms with Crippen LogP contribution in [0.4, 0.5) is 5.69 Å². The number of amides is 1. The Bertz CT molecular complexity index is 1360. The van der Waals surface area contributed by atoms with Crippen molar-refractivity contribution < 1.29 is 4.79 Å². The van der Waals surface area contributed by atoms with E-state index in [1.165, 1.54) is 5.69 Å². The Morgan fingerprint density at radius 2 is 1.66 bits per heavy atom. The molecule has 0 radical (unpaired) electrons. The van der Waals surface area contributed by atoms with Gasteiger partial charge < -0.3 is 14.2 Å². The largest absolute Gasteiger partial charge is 0.372 e. The maximum absolute atomic E-state index is 13.4. The minimum Gasteiger partial charge on any atom is -0.372 e. The third-order valence-corrected chi connectivity index (χ3v) is 6.78. The van der Waals surface area contributed by atoms with Gasteiger partial charge in [0.1, 0.15) is 5.69 Å². The van der Waals surface area contributed by atoms with Crippen molar-refractivity contribution in [1.29, 1.82) is 0 Å². The smallest absolute Gasteiger partial charge is 0.271 e. The Hall–Kier alpha value is -3.81. The van der Waals surface area contributed by atoms with Crippen LogP contribution in [0.2, 0.25) is 0 Å². The number of hydrogen-bond acceptors (Lipinski definition) is 6. The molecule has 0 saturated heterocycles. The molecule has 5 rings (SSSR count). The van der Waals surface area contributed by atoms with Crippen LogP contribution in [0.5, 0.6) is 0 Å². The summed E-state index contributed by atoms with van der Waals surface area (Å²) in [5.41, 5.74) is 7.02. The number of carbonyl (C=O) groups is 1. The number of pyridine rings is 1. The first-order valence-electron chi connectivity index (χ1n) is 12.4. The van der Waals surface area contributed by atoms with Crippen LogP contribution in [0.1, 0.15) is 55.5 Å². The molecule has 0 aliphatic carbocycles. The van der Waals surface area contributed by atoms with Gasteiger partial charge in [0, 0.05) is 54.8 Å². The summed E-state index contributed by atoms with van der Waals surface area (Å²) in [4.78, 5) is 17.7. The molecule has 180 valence electrons. The maximum atomic E-state index is 13.4. The molecule has 8 heteroatoms. The maximum Gasteiger partial charge on any atom is 0.271 e. The summed E-state index contributed by atoms with van der Waals surface area (Å²) in [6.07, 6.45) is 4.01. The predicted octanol–water partition coefficient (Wildman–Crippen LogP) is 4.76. The van der Waals surface area contributed by atoms with Crippen molar-refractivity contribution in [1.82, 2.24) is 29.7 Å². The molecule has 1 aliphatic rings. The number of aromatic nitrogens is 5. The lowest BCUT2D eigenvalue weighted by Gasteiger charge is -2.21. The van der Waals surface area contributed by atoms with Gasteiger partial charge in [0.25, 0.3) is 5.91 Å². The summed E-state index contributed by atoms with van der Waals surface area (Å²) in [5.74, 6) is 1.10. The second kappa shape index (κ2) is 9.44. The predicted molar refractivity (Wildman–Crippen MR) is 137 cm³/mol. The third-order valence-electron chi connectivity index (χ3n) is 6.78. The first kappa shape index (κ1) is 23.0. The molecule has 0 N–H and O–H groups in total. The number of fused-ring (bicyclic) bond motifs is 3. The zero-order valence-corrected chi connectivity index (χ0v) is 20.8. The SMILES string of the molecule is CCCCN1Cc2c(-c3ccc(N(CC)CC)cc3)c3cc(-c4nnc(C)nn4)ccn3c2C1=O. The van der Waals surface area contributed by atoms with E-state index in [9.17, 15) is 4.79 Å². The van der Waals surface area contributed by atoms with Gasteiger partial charge in [-0.1, -0.05) is 25.5 Å². The minimum atomic E-state index is 0.0946. The van der Waals surface area contributed by atoms with E-state index in [-0.39, 0.29) is 5.91 Å². The lowest BCUT2D eigenvalue weighted by Crippen LogP contribution is -2.26. The van der Waals surface area contributed by atoms with Gasteiger partial charge in [-0.25, -0.2) is 0 Å². The van der Waals surface area contributed by atoms with Crippen LogP contribution in [0, 0.1) is 6.92 Å². The number of rotatable bonds is 8. The molecule has 0 fully saturated rings. The summed E-state index contributed by atoms with van der Waals surface area (Å²) in [7, 11) is 0. The van der Waals surface area contributed by atoms with Gasteiger partial charge in [0.2, 0.25) is 5.82 Å². The summed E-state index contributed by atoms with van der Waals surface area (Å²) in [6, 6.07) is 12.6. The number of anilines is 1. The van der Waals surface area contributed by atoms with Crippen molar-refractivity contribution in [3.63, 3.8) is 0 Å². The summed E-state index contributed by atoms with van der Waals surface area (Å²) in [5, 5.41) is 16.6. The van der Waals surface area contributed by atoms with Gasteiger partial charge in [0.15, 0.2) is 5.82 Å². The van der Waals surface area contributed by atoms with Crippen LogP contribution in [0.3, 0.4) is 0 Å². The molecular weight excluding hydrogens is 438 g/mol. The molecule has 4 heterocycles. The number of unbranched alkanes of at least 4 members (excludes halogenated alkanes) is 1. The lowest BCUT2D eigenvalue weighted by atomic mass is 10.0. The van der Waals surface area contributed by atoms with Gasteiger partial charge in [0.05, 0.1) is 5.52 Å². The molecule has 1 aromatic carbocycles. The van der Waals surface area contributed by atoms with Crippen LogP contribution in [-0.2, 0) is 6.54 Å². The fraction of sp³-hybridized carbons (Fsp3) is 0.370. The zero-order chi connectivity index (χ0) is 24.5. The van der Waals surface area contributed by atoms with Crippen LogP contribution in [0.15, 0.2) is 42.6 Å². The fourth-order valence-corrected chi connectivity index (χ4v) is 4.92. The van der Waals surface area contributed by atoms with Crippen LogP contribution < -0.4 is 4.90 Å². The van der Waals surface area contributed by atoms with Gasteiger partial charge >= 0.3 is 0 Å². The van der Waals surface area contributed by atoms with Crippen LogP contribution in [0.25, 0.3) is 28.0 Å². The average Bonchev–Trinajstić information content (AvgIpc) is 3.37. The standard InChI is InChI=1S/C27H31N7O/c1-5-8-14-33-17-22-24(19-9-11-21(12-10-19)32(6-2)7-3)23-16-20(26-30-28-18(4)29-31-26)13-15-34(23)25(22)27(33)35/h9-13,15-16H,5-8,14,17H2,1-4H3. The quantitative estimate of drug-likeness (QED) is 0.370. The fourth-order valence-electron chi connectivity index (χ4n) is 4.92. The van der Waals surface area contributed by atoms with Gasteiger partial charge in [-0.05, 0) is 57.0 Å². The number of carbonyl (C=O) groups excluding carboxylic acids is 1. The molecular formula is C27H31N7O. The molecule has 0 atom stereocenters. The van der Waals surface area contributed by atoms with E-state index < -0.39 is 0 Å². The van der Waals surface area contributed by atoms with E-state index in [1.807, 2.05) is 27.6 Å². The minimum absolute atomic E-state index is 0.0946. The molecule has 0 unspecified atom stereocenters. The Morgan fingerprint density at radius 3 is 2.31 bits per heavy atom. The van der Waals surface area contributed by atoms with E-state index in [1.54, 1.807) is 6.92 Å². The molecule has 3 aromatic heterocycles. The normalized spacial score (nSPS) is 13.0. The van der Waals surface area contributed by atoms with E-state index in [4.69, 9.17) is 0 Å². The third kappa shape index (κ3) is 4.03. The first-order valence-corrected chi connectivity index (χ1v) is 12.4. The topological polar surface area (TPSA) is 79.5 Å². The molecule has 1 amide bonds. The van der Waals surface area contributed by atoms with Crippen molar-refractivity contribution in [3.05, 3.63) is 59.7 Å². The van der Waals surface area contributed by atoms with Crippen molar-refractivity contribution in [2.75, 3.05) is 24.5 Å². The Morgan fingerprint density at radius 1 is 0.943 bits per heavy atom. The Balaban J connectivity index is 1.66. The highest BCUT2D eigenvalue weighted by Gasteiger charge is 2.34. The Labute approximate surface area is 205 Å². The van der Waals surface area contributed by atoms with Gasteiger partial charge in [-0.15, -0.1) is 20.4 Å². The zero-order valence-electron chi connectivity index (χ0n) is 20.8. The highest BCUT2D eigenvalue weighted by molar-refractivity contribution is 6.04. The first-order chi connectivity index (χ1) is 17.0. The number of nitrogens with zero attached hydrogens (tertiary/aromatic N) is 7. The van der Waals surface area contributed by atoms with Crippen LogP contribution >= 0.6 is 0 Å². The highest BCUT2D eigenvalue weighted by atomic mass is 16.2. The molecule has 1 aliphatic heterocycles. The number of benzene rings is 1. The van der Waals surface area contributed by atoms with Gasteiger partial charge in [-0.3, -0.25) is 4.79 Å². The van der Waals surface area contributed by atoms with E-state index >= 15 is 0 Å². The summed E-state index contributed by atoms with van der Waals surface area (Å²) in [6.45, 7) is 11.6. The molecule has 0 spiro atoms. The average molecular weight is 470 g/mol. The summed E-state index contributed by atoms with van der Waals surface area (Å²) < 4.78 is 2.02. The molecule has 4 aromatic rings. The molecule has 35 heavy (non-hydrogen) atoms.